The van der Waals surface area contributed by atoms with Crippen LogP contribution in [0.15, 0.2) is 0 Å². The third kappa shape index (κ3) is 5.78. The van der Waals surface area contributed by atoms with Crippen LogP contribution in [0.2, 0.25) is 0 Å². The van der Waals surface area contributed by atoms with E-state index in [9.17, 15) is 0 Å². The molecule has 4 atom stereocenters. The quantitative estimate of drug-likeness (QED) is 0.587. The Morgan fingerprint density at radius 3 is 2.63 bits per heavy atom. The Bertz CT molecular complexity index is 225. The average molecular weight is 273 g/mol. The molecule has 1 aliphatic rings. The molecule has 0 heterocycles. The smallest absolute Gasteiger partial charge is 0.0991 e. The third-order valence-electron chi connectivity index (χ3n) is 3.61. The molecular weight excluding hydrogens is 242 g/mol. The lowest BCUT2D eigenvalue weighted by Crippen LogP contribution is -2.61. The molecule has 19 heavy (non-hydrogen) atoms. The molecule has 114 valence electrons. The van der Waals surface area contributed by atoms with E-state index in [4.69, 9.17) is 14.2 Å². The monoisotopic (exact) mass is 273 g/mol. The molecule has 0 radical (unpaired) electrons. The van der Waals surface area contributed by atoms with Gasteiger partial charge in [-0.2, -0.15) is 0 Å². The minimum Gasteiger partial charge on any atom is -0.382 e. The second-order valence-corrected chi connectivity index (χ2v) is 5.40. The summed E-state index contributed by atoms with van der Waals surface area (Å²) in [6, 6.07) is 0.440. The Balaban J connectivity index is 2.33. The molecule has 4 nitrogen and oxygen atoms in total. The normalized spacial score (nSPS) is 28.1. The molecular formula is C15H31NO3. The molecule has 1 N–H and O–H groups in total. The summed E-state index contributed by atoms with van der Waals surface area (Å²) < 4.78 is 17.0. The lowest BCUT2D eigenvalue weighted by molar-refractivity contribution is -0.169. The van der Waals surface area contributed by atoms with E-state index >= 15 is 0 Å². The van der Waals surface area contributed by atoms with Gasteiger partial charge in [-0.15, -0.1) is 0 Å². The first-order chi connectivity index (χ1) is 9.22. The molecule has 1 saturated carbocycles. The van der Waals surface area contributed by atoms with Crippen molar-refractivity contribution in [1.29, 1.82) is 0 Å². The summed E-state index contributed by atoms with van der Waals surface area (Å²) in [5, 5.41) is 3.54. The Morgan fingerprint density at radius 2 is 2.00 bits per heavy atom. The highest BCUT2D eigenvalue weighted by molar-refractivity contribution is 4.97. The largest absolute Gasteiger partial charge is 0.382 e. The van der Waals surface area contributed by atoms with Crippen molar-refractivity contribution in [2.45, 2.75) is 70.8 Å². The number of ether oxygens (including phenoxy) is 3. The van der Waals surface area contributed by atoms with Crippen molar-refractivity contribution in [2.24, 2.45) is 0 Å². The maximum absolute atomic E-state index is 6.07. The lowest BCUT2D eigenvalue weighted by atomic mass is 9.84. The number of hydrogen-bond acceptors (Lipinski definition) is 4. The number of hydrogen-bond donors (Lipinski definition) is 1. The summed E-state index contributed by atoms with van der Waals surface area (Å²) in [6.07, 6.45) is 5.25. The van der Waals surface area contributed by atoms with Gasteiger partial charge in [-0.05, 0) is 32.7 Å². The Kier molecular flexibility index (Phi) is 8.62. The first kappa shape index (κ1) is 16.9. The molecule has 0 bridgehead atoms. The molecule has 0 aliphatic heterocycles. The van der Waals surface area contributed by atoms with E-state index in [0.29, 0.717) is 25.4 Å². The Labute approximate surface area is 118 Å². The van der Waals surface area contributed by atoms with Crippen molar-refractivity contribution in [3.05, 3.63) is 0 Å². The van der Waals surface area contributed by atoms with Crippen LogP contribution in [0, 0.1) is 0 Å². The van der Waals surface area contributed by atoms with Crippen molar-refractivity contribution in [3.8, 4) is 0 Å². The second kappa shape index (κ2) is 9.70. The molecule has 0 aromatic carbocycles. The van der Waals surface area contributed by atoms with Gasteiger partial charge in [0.25, 0.3) is 0 Å². The second-order valence-electron chi connectivity index (χ2n) is 5.40. The van der Waals surface area contributed by atoms with E-state index in [1.807, 2.05) is 0 Å². The van der Waals surface area contributed by atoms with Crippen molar-refractivity contribution >= 4 is 0 Å². The van der Waals surface area contributed by atoms with Gasteiger partial charge in [0.15, 0.2) is 0 Å². The summed E-state index contributed by atoms with van der Waals surface area (Å²) in [7, 11) is 1.70. The molecule has 1 rings (SSSR count). The minimum atomic E-state index is 0.181. The zero-order valence-electron chi connectivity index (χ0n) is 13.0. The predicted octanol–water partition coefficient (Wildman–Crippen LogP) is 2.36. The van der Waals surface area contributed by atoms with E-state index in [1.54, 1.807) is 7.11 Å². The van der Waals surface area contributed by atoms with Gasteiger partial charge in [-0.25, -0.2) is 0 Å². The van der Waals surface area contributed by atoms with Crippen LogP contribution in [0.1, 0.15) is 46.5 Å². The first-order valence-electron chi connectivity index (χ1n) is 7.72. The number of nitrogens with one attached hydrogen (secondary N) is 1. The van der Waals surface area contributed by atoms with Gasteiger partial charge in [0.05, 0.1) is 31.5 Å². The fraction of sp³-hybridized carbons (Fsp3) is 1.00. The van der Waals surface area contributed by atoms with Gasteiger partial charge >= 0.3 is 0 Å². The molecule has 1 fully saturated rings. The molecule has 1 aliphatic carbocycles. The van der Waals surface area contributed by atoms with E-state index in [1.165, 1.54) is 6.42 Å². The lowest BCUT2D eigenvalue weighted by Gasteiger charge is -2.45. The van der Waals surface area contributed by atoms with Crippen LogP contribution in [0.25, 0.3) is 0 Å². The fourth-order valence-electron chi connectivity index (χ4n) is 2.51. The summed E-state index contributed by atoms with van der Waals surface area (Å²) in [6.45, 7) is 8.87. The van der Waals surface area contributed by atoms with Crippen molar-refractivity contribution in [1.82, 2.24) is 5.32 Å². The van der Waals surface area contributed by atoms with Gasteiger partial charge in [-0.1, -0.05) is 20.3 Å². The van der Waals surface area contributed by atoms with Crippen molar-refractivity contribution in [2.75, 3.05) is 26.9 Å². The Morgan fingerprint density at radius 1 is 1.21 bits per heavy atom. The molecule has 0 aromatic heterocycles. The fourth-order valence-corrected chi connectivity index (χ4v) is 2.51. The maximum atomic E-state index is 6.07. The molecule has 0 saturated heterocycles. The molecule has 4 heteroatoms. The highest BCUT2D eigenvalue weighted by atomic mass is 16.6. The summed E-state index contributed by atoms with van der Waals surface area (Å²) in [5.74, 6) is 0. The van der Waals surface area contributed by atoms with Gasteiger partial charge in [0, 0.05) is 13.2 Å². The van der Waals surface area contributed by atoms with Crippen LogP contribution >= 0.6 is 0 Å². The molecule has 4 unspecified atom stereocenters. The van der Waals surface area contributed by atoms with Crippen LogP contribution in [-0.2, 0) is 14.2 Å². The number of rotatable bonds is 11. The van der Waals surface area contributed by atoms with Crippen LogP contribution < -0.4 is 5.32 Å². The predicted molar refractivity (Wildman–Crippen MR) is 77.6 cm³/mol. The van der Waals surface area contributed by atoms with E-state index in [2.05, 4.69) is 26.1 Å². The van der Waals surface area contributed by atoms with Crippen LogP contribution in [0.3, 0.4) is 0 Å². The van der Waals surface area contributed by atoms with Gasteiger partial charge < -0.3 is 19.5 Å². The molecule has 0 amide bonds. The van der Waals surface area contributed by atoms with Gasteiger partial charge in [-0.3, -0.25) is 0 Å². The van der Waals surface area contributed by atoms with Gasteiger partial charge in [0.2, 0.25) is 0 Å². The van der Waals surface area contributed by atoms with E-state index < -0.39 is 0 Å². The molecule has 0 aromatic rings. The summed E-state index contributed by atoms with van der Waals surface area (Å²) in [5.41, 5.74) is 0. The van der Waals surface area contributed by atoms with E-state index in [-0.39, 0.29) is 12.2 Å². The van der Waals surface area contributed by atoms with E-state index in [0.717, 1.165) is 25.8 Å². The zero-order valence-corrected chi connectivity index (χ0v) is 13.0. The maximum Gasteiger partial charge on any atom is 0.0991 e. The highest BCUT2D eigenvalue weighted by Gasteiger charge is 2.43. The standard InChI is InChI=1S/C15H31NO3/c1-5-7-12(3)19-14-11-13(16-8-6-2)15(14)18-10-9-17-4/h12-16H,5-11H2,1-4H3. The third-order valence-corrected chi connectivity index (χ3v) is 3.61. The van der Waals surface area contributed by atoms with Crippen LogP contribution in [0.5, 0.6) is 0 Å². The summed E-state index contributed by atoms with van der Waals surface area (Å²) >= 11 is 0. The highest BCUT2D eigenvalue weighted by Crippen LogP contribution is 2.29. The van der Waals surface area contributed by atoms with Crippen LogP contribution in [-0.4, -0.2) is 51.2 Å². The Hall–Kier alpha value is -0.160. The zero-order chi connectivity index (χ0) is 14.1. The average Bonchev–Trinajstić information content (AvgIpc) is 2.38. The SMILES string of the molecule is CCCNC1CC(OC(C)CCC)C1OCCOC. The van der Waals surface area contributed by atoms with Crippen molar-refractivity contribution in [3.63, 3.8) is 0 Å². The van der Waals surface area contributed by atoms with Gasteiger partial charge in [0.1, 0.15) is 0 Å². The topological polar surface area (TPSA) is 39.7 Å². The van der Waals surface area contributed by atoms with Crippen molar-refractivity contribution < 1.29 is 14.2 Å². The number of methoxy groups -OCH3 is 1. The minimum absolute atomic E-state index is 0.181. The van der Waals surface area contributed by atoms with Crippen LogP contribution in [0.4, 0.5) is 0 Å². The summed E-state index contributed by atoms with van der Waals surface area (Å²) in [4.78, 5) is 0. The molecule has 0 spiro atoms. The first-order valence-corrected chi connectivity index (χ1v) is 7.72.